The Bertz CT molecular complexity index is 784. The summed E-state index contributed by atoms with van der Waals surface area (Å²) in [5.41, 5.74) is 2.23. The number of anilines is 1. The SMILES string of the molecule is Cc1cc(C)cc(OCC(=O)N2CCN(c3nc(C(C)(C)C)ns3)CC2)c1. The van der Waals surface area contributed by atoms with Gasteiger partial charge in [-0.25, -0.2) is 4.98 Å². The summed E-state index contributed by atoms with van der Waals surface area (Å²) >= 11 is 1.44. The molecule has 2 heterocycles. The molecule has 0 aliphatic carbocycles. The molecule has 1 aliphatic heterocycles. The Labute approximate surface area is 165 Å². The number of hydrogen-bond acceptors (Lipinski definition) is 6. The first kappa shape index (κ1) is 19.6. The number of piperazine rings is 1. The number of carbonyl (C=O) groups excluding carboxylic acids is 1. The van der Waals surface area contributed by atoms with Crippen molar-refractivity contribution in [3.8, 4) is 5.75 Å². The van der Waals surface area contributed by atoms with Crippen molar-refractivity contribution >= 4 is 22.6 Å². The molecule has 0 radical (unpaired) electrons. The second-order valence-corrected chi connectivity index (χ2v) is 8.86. The average molecular weight is 389 g/mol. The molecule has 1 saturated heterocycles. The van der Waals surface area contributed by atoms with E-state index in [9.17, 15) is 4.79 Å². The summed E-state index contributed by atoms with van der Waals surface area (Å²) < 4.78 is 10.2. The number of aromatic nitrogens is 2. The van der Waals surface area contributed by atoms with E-state index in [2.05, 4.69) is 41.1 Å². The molecule has 0 spiro atoms. The monoisotopic (exact) mass is 388 g/mol. The van der Waals surface area contributed by atoms with Gasteiger partial charge in [0.2, 0.25) is 5.13 Å². The highest BCUT2D eigenvalue weighted by molar-refractivity contribution is 7.09. The molecule has 2 aromatic rings. The fourth-order valence-electron chi connectivity index (χ4n) is 3.05. The Kier molecular flexibility index (Phi) is 5.69. The summed E-state index contributed by atoms with van der Waals surface area (Å²) in [4.78, 5) is 21.2. The van der Waals surface area contributed by atoms with Gasteiger partial charge >= 0.3 is 0 Å². The topological polar surface area (TPSA) is 58.6 Å². The quantitative estimate of drug-likeness (QED) is 0.805. The highest BCUT2D eigenvalue weighted by Crippen LogP contribution is 2.26. The predicted molar refractivity (Wildman–Crippen MR) is 109 cm³/mol. The van der Waals surface area contributed by atoms with Crippen molar-refractivity contribution in [2.24, 2.45) is 0 Å². The lowest BCUT2D eigenvalue weighted by atomic mass is 9.96. The van der Waals surface area contributed by atoms with Crippen LogP contribution in [0.25, 0.3) is 0 Å². The molecule has 0 atom stereocenters. The Morgan fingerprint density at radius 2 is 1.74 bits per heavy atom. The third-order valence-electron chi connectivity index (χ3n) is 4.55. The van der Waals surface area contributed by atoms with Gasteiger partial charge in [-0.05, 0) is 37.1 Å². The van der Waals surface area contributed by atoms with E-state index in [-0.39, 0.29) is 17.9 Å². The van der Waals surface area contributed by atoms with E-state index in [0.717, 1.165) is 40.9 Å². The molecule has 6 nitrogen and oxygen atoms in total. The molecule has 1 aromatic carbocycles. The van der Waals surface area contributed by atoms with Crippen LogP contribution in [0.1, 0.15) is 37.7 Å². The van der Waals surface area contributed by atoms with Crippen LogP contribution >= 0.6 is 11.5 Å². The Morgan fingerprint density at radius 1 is 1.11 bits per heavy atom. The summed E-state index contributed by atoms with van der Waals surface area (Å²) in [7, 11) is 0. The lowest BCUT2D eigenvalue weighted by Crippen LogP contribution is -2.50. The van der Waals surface area contributed by atoms with E-state index in [4.69, 9.17) is 4.74 Å². The van der Waals surface area contributed by atoms with Crippen LogP contribution in [0.5, 0.6) is 5.75 Å². The standard InChI is InChI=1S/C20H28N4O2S/c1-14-10-15(2)12-16(11-14)26-13-17(25)23-6-8-24(9-7-23)19-21-18(22-27-19)20(3,4)5/h10-12H,6-9,13H2,1-5H3. The van der Waals surface area contributed by atoms with Crippen molar-refractivity contribution < 1.29 is 9.53 Å². The number of ether oxygens (including phenoxy) is 1. The lowest BCUT2D eigenvalue weighted by Gasteiger charge is -2.34. The minimum atomic E-state index is -0.0436. The van der Waals surface area contributed by atoms with Gasteiger partial charge < -0.3 is 14.5 Å². The summed E-state index contributed by atoms with van der Waals surface area (Å²) in [6.07, 6.45) is 0. The van der Waals surface area contributed by atoms with Crippen LogP contribution in [0.3, 0.4) is 0 Å². The minimum absolute atomic E-state index is 0.0291. The first-order valence-electron chi connectivity index (χ1n) is 9.30. The average Bonchev–Trinajstić information content (AvgIpc) is 3.09. The maximum Gasteiger partial charge on any atom is 0.260 e. The number of nitrogens with zero attached hydrogens (tertiary/aromatic N) is 4. The molecule has 27 heavy (non-hydrogen) atoms. The molecule has 0 saturated carbocycles. The zero-order valence-electron chi connectivity index (χ0n) is 16.8. The first-order valence-corrected chi connectivity index (χ1v) is 10.1. The molecule has 1 aliphatic rings. The van der Waals surface area contributed by atoms with Crippen LogP contribution < -0.4 is 9.64 Å². The van der Waals surface area contributed by atoms with Crippen LogP contribution in [-0.2, 0) is 10.2 Å². The van der Waals surface area contributed by atoms with E-state index in [1.807, 2.05) is 30.9 Å². The van der Waals surface area contributed by atoms with Crippen molar-refractivity contribution in [1.29, 1.82) is 0 Å². The van der Waals surface area contributed by atoms with Gasteiger partial charge in [-0.1, -0.05) is 26.8 Å². The zero-order valence-corrected chi connectivity index (χ0v) is 17.6. The maximum absolute atomic E-state index is 12.5. The number of rotatable bonds is 4. The van der Waals surface area contributed by atoms with E-state index < -0.39 is 0 Å². The van der Waals surface area contributed by atoms with Gasteiger partial charge in [0.15, 0.2) is 6.61 Å². The molecule has 0 bridgehead atoms. The second kappa shape index (κ2) is 7.84. The number of amides is 1. The number of carbonyl (C=O) groups is 1. The van der Waals surface area contributed by atoms with Crippen LogP contribution in [-0.4, -0.2) is 53.0 Å². The third-order valence-corrected chi connectivity index (χ3v) is 5.32. The Balaban J connectivity index is 1.51. The molecule has 7 heteroatoms. The van der Waals surface area contributed by atoms with Crippen LogP contribution in [0.15, 0.2) is 18.2 Å². The summed E-state index contributed by atoms with van der Waals surface area (Å²) in [5, 5.41) is 0.943. The molecular formula is C20H28N4O2S. The van der Waals surface area contributed by atoms with Gasteiger partial charge in [-0.2, -0.15) is 4.37 Å². The molecule has 1 aromatic heterocycles. The molecule has 1 fully saturated rings. The number of hydrogen-bond donors (Lipinski definition) is 0. The van der Waals surface area contributed by atoms with Crippen molar-refractivity contribution in [2.75, 3.05) is 37.7 Å². The lowest BCUT2D eigenvalue weighted by molar-refractivity contribution is -0.133. The van der Waals surface area contributed by atoms with Gasteiger partial charge in [-0.15, -0.1) is 0 Å². The van der Waals surface area contributed by atoms with Gasteiger partial charge in [-0.3, -0.25) is 4.79 Å². The third kappa shape index (κ3) is 4.97. The van der Waals surface area contributed by atoms with E-state index >= 15 is 0 Å². The van der Waals surface area contributed by atoms with Crippen molar-refractivity contribution in [3.63, 3.8) is 0 Å². The van der Waals surface area contributed by atoms with Crippen molar-refractivity contribution in [3.05, 3.63) is 35.2 Å². The maximum atomic E-state index is 12.5. The highest BCUT2D eigenvalue weighted by atomic mass is 32.1. The summed E-state index contributed by atoms with van der Waals surface area (Å²) in [5.74, 6) is 1.66. The Hall–Kier alpha value is -2.15. The molecule has 1 amide bonds. The van der Waals surface area contributed by atoms with Crippen LogP contribution in [0.2, 0.25) is 0 Å². The van der Waals surface area contributed by atoms with E-state index in [1.54, 1.807) is 0 Å². The van der Waals surface area contributed by atoms with Gasteiger partial charge in [0.05, 0.1) is 0 Å². The minimum Gasteiger partial charge on any atom is -0.484 e. The molecule has 3 rings (SSSR count). The fourth-order valence-corrected chi connectivity index (χ4v) is 3.96. The van der Waals surface area contributed by atoms with Crippen molar-refractivity contribution in [1.82, 2.24) is 14.3 Å². The smallest absolute Gasteiger partial charge is 0.260 e. The van der Waals surface area contributed by atoms with Crippen molar-refractivity contribution in [2.45, 2.75) is 40.0 Å². The van der Waals surface area contributed by atoms with Gasteiger partial charge in [0.25, 0.3) is 5.91 Å². The second-order valence-electron chi connectivity index (χ2n) is 8.13. The van der Waals surface area contributed by atoms with E-state index in [0.29, 0.717) is 13.1 Å². The van der Waals surface area contributed by atoms with E-state index in [1.165, 1.54) is 11.5 Å². The summed E-state index contributed by atoms with van der Waals surface area (Å²) in [6.45, 7) is 13.4. The van der Waals surface area contributed by atoms with Gasteiger partial charge in [0.1, 0.15) is 11.6 Å². The molecule has 0 unspecified atom stereocenters. The first-order chi connectivity index (χ1) is 12.7. The molecule has 146 valence electrons. The normalized spacial score (nSPS) is 15.1. The van der Waals surface area contributed by atoms with Gasteiger partial charge in [0, 0.05) is 43.1 Å². The zero-order chi connectivity index (χ0) is 19.6. The Morgan fingerprint density at radius 3 is 2.30 bits per heavy atom. The highest BCUT2D eigenvalue weighted by Gasteiger charge is 2.26. The number of aryl methyl sites for hydroxylation is 2. The fraction of sp³-hybridized carbons (Fsp3) is 0.550. The van der Waals surface area contributed by atoms with Crippen LogP contribution in [0, 0.1) is 13.8 Å². The van der Waals surface area contributed by atoms with Crippen LogP contribution in [0.4, 0.5) is 5.13 Å². The summed E-state index contributed by atoms with van der Waals surface area (Å²) in [6, 6.07) is 6.01. The predicted octanol–water partition coefficient (Wildman–Crippen LogP) is 3.18. The molecule has 0 N–H and O–H groups in total. The largest absolute Gasteiger partial charge is 0.484 e. The molecular weight excluding hydrogens is 360 g/mol. The number of benzene rings is 1.